The molecule has 0 spiro atoms. The van der Waals surface area contributed by atoms with Crippen molar-refractivity contribution in [2.45, 2.75) is 39.4 Å². The van der Waals surface area contributed by atoms with Crippen molar-refractivity contribution in [2.75, 3.05) is 13.1 Å². The summed E-state index contributed by atoms with van der Waals surface area (Å²) in [6.45, 7) is 10.3. The van der Waals surface area contributed by atoms with Crippen LogP contribution in [0.4, 0.5) is 0 Å². The van der Waals surface area contributed by atoms with Gasteiger partial charge in [0.05, 0.1) is 0 Å². The number of fused-ring (bicyclic) bond motifs is 1. The Hall–Kier alpha value is -2.13. The molecule has 1 unspecified atom stereocenters. The van der Waals surface area contributed by atoms with Crippen molar-refractivity contribution in [3.05, 3.63) is 71.3 Å². The predicted octanol–water partition coefficient (Wildman–Crippen LogP) is 4.09. The number of amides is 1. The molecular weight excluding hydrogens is 296 g/mol. The van der Waals surface area contributed by atoms with Crippen LogP contribution in [-0.2, 0) is 5.66 Å². The number of benzene rings is 2. The molecule has 3 heteroatoms. The van der Waals surface area contributed by atoms with Gasteiger partial charge in [-0.05, 0) is 38.6 Å². The zero-order valence-corrected chi connectivity index (χ0v) is 15.0. The number of carbonyl (C=O) groups is 1. The van der Waals surface area contributed by atoms with Gasteiger partial charge in [-0.25, -0.2) is 0 Å². The number of hydrogen-bond donors (Lipinski definition) is 0. The SMILES string of the molecule is CCN(CC)C1(c2ccccc2)c2ccccc2C(=O)N1C(C)C. The summed E-state index contributed by atoms with van der Waals surface area (Å²) in [7, 11) is 0. The minimum atomic E-state index is -0.535. The van der Waals surface area contributed by atoms with E-state index in [9.17, 15) is 4.79 Å². The first-order valence-corrected chi connectivity index (χ1v) is 8.82. The fourth-order valence-electron chi connectivity index (χ4n) is 4.14. The van der Waals surface area contributed by atoms with Gasteiger partial charge in [0.15, 0.2) is 0 Å². The van der Waals surface area contributed by atoms with Crippen molar-refractivity contribution in [1.82, 2.24) is 9.80 Å². The lowest BCUT2D eigenvalue weighted by atomic mass is 9.88. The molecule has 1 aliphatic heterocycles. The highest BCUT2D eigenvalue weighted by Gasteiger charge is 2.54. The standard InChI is InChI=1S/C21H26N2O/c1-5-22(6-2)21(17-12-8-7-9-13-17)19-15-11-10-14-18(19)20(24)23(21)16(3)4/h7-16H,5-6H2,1-4H3. The van der Waals surface area contributed by atoms with E-state index in [0.29, 0.717) is 0 Å². The Balaban J connectivity index is 2.39. The summed E-state index contributed by atoms with van der Waals surface area (Å²) in [6.07, 6.45) is 0. The second kappa shape index (κ2) is 6.40. The molecule has 0 aliphatic carbocycles. The van der Waals surface area contributed by atoms with E-state index in [1.165, 1.54) is 0 Å². The van der Waals surface area contributed by atoms with Gasteiger partial charge in [0.25, 0.3) is 5.91 Å². The van der Waals surface area contributed by atoms with Gasteiger partial charge in [-0.2, -0.15) is 0 Å². The van der Waals surface area contributed by atoms with Crippen LogP contribution in [0.25, 0.3) is 0 Å². The second-order valence-electron chi connectivity index (χ2n) is 6.53. The molecule has 2 aromatic rings. The lowest BCUT2D eigenvalue weighted by Gasteiger charge is -2.49. The van der Waals surface area contributed by atoms with E-state index >= 15 is 0 Å². The van der Waals surface area contributed by atoms with Crippen molar-refractivity contribution < 1.29 is 4.79 Å². The van der Waals surface area contributed by atoms with E-state index in [1.54, 1.807) is 0 Å². The third kappa shape index (κ3) is 2.19. The molecule has 1 heterocycles. The monoisotopic (exact) mass is 322 g/mol. The zero-order valence-electron chi connectivity index (χ0n) is 15.0. The molecule has 24 heavy (non-hydrogen) atoms. The average molecular weight is 322 g/mol. The Kier molecular flexibility index (Phi) is 4.46. The number of nitrogens with zero attached hydrogens (tertiary/aromatic N) is 2. The third-order valence-electron chi connectivity index (χ3n) is 5.01. The molecule has 0 aromatic heterocycles. The Morgan fingerprint density at radius 1 is 0.958 bits per heavy atom. The van der Waals surface area contributed by atoms with Crippen molar-refractivity contribution in [3.63, 3.8) is 0 Å². The summed E-state index contributed by atoms with van der Waals surface area (Å²) in [6, 6.07) is 18.6. The maximum absolute atomic E-state index is 13.3. The van der Waals surface area contributed by atoms with Gasteiger partial charge in [0.1, 0.15) is 5.66 Å². The van der Waals surface area contributed by atoms with Gasteiger partial charge in [-0.15, -0.1) is 0 Å². The van der Waals surface area contributed by atoms with Crippen LogP contribution >= 0.6 is 0 Å². The van der Waals surface area contributed by atoms with Crippen molar-refractivity contribution >= 4 is 5.91 Å². The van der Waals surface area contributed by atoms with Gasteiger partial charge in [0, 0.05) is 17.2 Å². The van der Waals surface area contributed by atoms with Crippen molar-refractivity contribution in [2.24, 2.45) is 0 Å². The van der Waals surface area contributed by atoms with Crippen LogP contribution < -0.4 is 0 Å². The van der Waals surface area contributed by atoms with E-state index in [4.69, 9.17) is 0 Å². The molecule has 0 fully saturated rings. The van der Waals surface area contributed by atoms with Gasteiger partial charge in [-0.1, -0.05) is 62.4 Å². The maximum Gasteiger partial charge on any atom is 0.256 e. The number of carbonyl (C=O) groups excluding carboxylic acids is 1. The first-order valence-electron chi connectivity index (χ1n) is 8.82. The normalized spacial score (nSPS) is 20.1. The minimum absolute atomic E-state index is 0.103. The first-order chi connectivity index (χ1) is 11.6. The fraction of sp³-hybridized carbons (Fsp3) is 0.381. The van der Waals surface area contributed by atoms with Crippen LogP contribution in [0.2, 0.25) is 0 Å². The van der Waals surface area contributed by atoms with Crippen molar-refractivity contribution in [1.29, 1.82) is 0 Å². The number of hydrogen-bond acceptors (Lipinski definition) is 2. The van der Waals surface area contributed by atoms with E-state index < -0.39 is 5.66 Å². The Labute approximate surface area is 144 Å². The van der Waals surface area contributed by atoms with Gasteiger partial charge >= 0.3 is 0 Å². The van der Waals surface area contributed by atoms with Gasteiger partial charge in [0.2, 0.25) is 0 Å². The predicted molar refractivity (Wildman–Crippen MR) is 97.9 cm³/mol. The highest BCUT2D eigenvalue weighted by molar-refractivity contribution is 6.00. The highest BCUT2D eigenvalue weighted by Crippen LogP contribution is 2.47. The summed E-state index contributed by atoms with van der Waals surface area (Å²) < 4.78 is 0. The lowest BCUT2D eigenvalue weighted by molar-refractivity contribution is -0.0192. The van der Waals surface area contributed by atoms with Crippen molar-refractivity contribution in [3.8, 4) is 0 Å². The van der Waals surface area contributed by atoms with Gasteiger partial charge < -0.3 is 4.90 Å². The maximum atomic E-state index is 13.3. The second-order valence-corrected chi connectivity index (χ2v) is 6.53. The van der Waals surface area contributed by atoms with E-state index in [-0.39, 0.29) is 11.9 Å². The molecule has 1 amide bonds. The Morgan fingerprint density at radius 2 is 1.54 bits per heavy atom. The largest absolute Gasteiger partial charge is 0.309 e. The van der Waals surface area contributed by atoms with Crippen LogP contribution in [0, 0.1) is 0 Å². The molecule has 0 radical (unpaired) electrons. The topological polar surface area (TPSA) is 23.6 Å². The molecule has 0 saturated carbocycles. The molecule has 2 aromatic carbocycles. The van der Waals surface area contributed by atoms with Crippen LogP contribution in [-0.4, -0.2) is 34.8 Å². The average Bonchev–Trinajstić information content (AvgIpc) is 2.87. The molecule has 1 aliphatic rings. The molecular formula is C21H26N2O. The van der Waals surface area contributed by atoms with Crippen LogP contribution in [0.15, 0.2) is 54.6 Å². The third-order valence-corrected chi connectivity index (χ3v) is 5.01. The Morgan fingerprint density at radius 3 is 2.12 bits per heavy atom. The molecule has 1 atom stereocenters. The minimum Gasteiger partial charge on any atom is -0.309 e. The first kappa shape index (κ1) is 16.7. The van der Waals surface area contributed by atoms with E-state index in [1.807, 2.05) is 24.3 Å². The molecule has 3 nitrogen and oxygen atoms in total. The molecule has 3 rings (SSSR count). The van der Waals surface area contributed by atoms with Crippen LogP contribution in [0.5, 0.6) is 0 Å². The highest BCUT2D eigenvalue weighted by atomic mass is 16.2. The van der Waals surface area contributed by atoms with Crippen LogP contribution in [0.3, 0.4) is 0 Å². The summed E-state index contributed by atoms with van der Waals surface area (Å²) in [4.78, 5) is 17.7. The molecule has 0 saturated heterocycles. The van der Waals surface area contributed by atoms with E-state index in [0.717, 1.165) is 29.8 Å². The van der Waals surface area contributed by atoms with Crippen LogP contribution in [0.1, 0.15) is 49.2 Å². The zero-order chi connectivity index (χ0) is 17.3. The van der Waals surface area contributed by atoms with E-state index in [2.05, 4.69) is 67.8 Å². The number of rotatable bonds is 5. The summed E-state index contributed by atoms with van der Waals surface area (Å²) >= 11 is 0. The summed E-state index contributed by atoms with van der Waals surface area (Å²) in [5.41, 5.74) is 2.54. The molecule has 0 N–H and O–H groups in total. The summed E-state index contributed by atoms with van der Waals surface area (Å²) in [5.74, 6) is 0.122. The quantitative estimate of drug-likeness (QED) is 0.827. The molecule has 126 valence electrons. The Bertz CT molecular complexity index is 722. The lowest BCUT2D eigenvalue weighted by Crippen LogP contribution is -2.59. The summed E-state index contributed by atoms with van der Waals surface area (Å²) in [5, 5.41) is 0. The fourth-order valence-corrected chi connectivity index (χ4v) is 4.14. The smallest absolute Gasteiger partial charge is 0.256 e. The molecule has 0 bridgehead atoms. The van der Waals surface area contributed by atoms with Gasteiger partial charge in [-0.3, -0.25) is 9.69 Å².